The number of hydrogen-bond donors (Lipinski definition) is 0. The fraction of sp³-hybridized carbons (Fsp3) is 0.548. The Labute approximate surface area is 221 Å². The fourth-order valence-corrected chi connectivity index (χ4v) is 4.04. The van der Waals surface area contributed by atoms with Crippen LogP contribution >= 0.6 is 0 Å². The van der Waals surface area contributed by atoms with Gasteiger partial charge in [-0.05, 0) is 61.6 Å². The maximum absolute atomic E-state index is 12.4. The average Bonchev–Trinajstić information content (AvgIpc) is 3.75. The molecule has 2 aromatic rings. The lowest BCUT2D eigenvalue weighted by Gasteiger charge is -2.13. The zero-order chi connectivity index (χ0) is 26.3. The maximum atomic E-state index is 12.4. The number of hydrogen-bond acceptors (Lipinski definition) is 6. The molecule has 202 valence electrons. The molecule has 0 spiro atoms. The molecule has 0 amide bonds. The van der Waals surface area contributed by atoms with E-state index in [2.05, 4.69) is 0 Å². The van der Waals surface area contributed by atoms with Crippen molar-refractivity contribution in [3.8, 4) is 16.9 Å². The molecule has 2 unspecified atom stereocenters. The van der Waals surface area contributed by atoms with Crippen molar-refractivity contribution >= 4 is 11.9 Å². The highest BCUT2D eigenvalue weighted by Crippen LogP contribution is 2.24. The summed E-state index contributed by atoms with van der Waals surface area (Å²) < 4.78 is 21.5. The van der Waals surface area contributed by atoms with Crippen LogP contribution in [0.2, 0.25) is 0 Å². The van der Waals surface area contributed by atoms with Gasteiger partial charge in [-0.2, -0.15) is 0 Å². The van der Waals surface area contributed by atoms with Crippen LogP contribution in [-0.4, -0.2) is 44.0 Å². The van der Waals surface area contributed by atoms with Crippen LogP contribution in [0, 0.1) is 0 Å². The quantitative estimate of drug-likeness (QED) is 0.121. The first-order valence-electron chi connectivity index (χ1n) is 13.9. The molecular formula is C31H42O6. The Bertz CT molecular complexity index is 933. The van der Waals surface area contributed by atoms with Crippen LogP contribution in [0.5, 0.6) is 5.75 Å². The van der Waals surface area contributed by atoms with E-state index < -0.39 is 18.0 Å². The molecule has 6 nitrogen and oxygen atoms in total. The molecule has 6 heteroatoms. The summed E-state index contributed by atoms with van der Waals surface area (Å²) in [6.45, 7) is 5.60. The monoisotopic (exact) mass is 510 g/mol. The molecule has 1 aliphatic heterocycles. The van der Waals surface area contributed by atoms with E-state index in [4.69, 9.17) is 18.9 Å². The van der Waals surface area contributed by atoms with Gasteiger partial charge in [-0.1, -0.05) is 76.1 Å². The molecule has 0 bridgehead atoms. The number of carbonyl (C=O) groups is 2. The summed E-state index contributed by atoms with van der Waals surface area (Å²) >= 11 is 0. The molecule has 1 fully saturated rings. The number of ether oxygens (including phenoxy) is 4. The molecule has 0 aliphatic carbocycles. The Kier molecular flexibility index (Phi) is 12.5. The second kappa shape index (κ2) is 16.1. The molecule has 37 heavy (non-hydrogen) atoms. The molecule has 2 aromatic carbocycles. The van der Waals surface area contributed by atoms with Gasteiger partial charge in [0.1, 0.15) is 5.75 Å². The SMILES string of the molecule is CCCCOC(=O)C(C)OC(=O)c1ccc(-c2ccc(OCCCCCCCCCC3CO3)cc2)cc1. The molecule has 0 aromatic heterocycles. The largest absolute Gasteiger partial charge is 0.494 e. The van der Waals surface area contributed by atoms with Crippen molar-refractivity contribution in [3.05, 3.63) is 54.1 Å². The van der Waals surface area contributed by atoms with Crippen molar-refractivity contribution in [2.75, 3.05) is 19.8 Å². The summed E-state index contributed by atoms with van der Waals surface area (Å²) in [6, 6.07) is 15.2. The van der Waals surface area contributed by atoms with E-state index >= 15 is 0 Å². The van der Waals surface area contributed by atoms with Crippen molar-refractivity contribution in [2.45, 2.75) is 90.3 Å². The Balaban J connectivity index is 1.32. The zero-order valence-electron chi connectivity index (χ0n) is 22.4. The maximum Gasteiger partial charge on any atom is 0.347 e. The van der Waals surface area contributed by atoms with Crippen molar-refractivity contribution in [1.82, 2.24) is 0 Å². The van der Waals surface area contributed by atoms with Gasteiger partial charge in [0, 0.05) is 0 Å². The molecule has 2 atom stereocenters. The minimum Gasteiger partial charge on any atom is -0.494 e. The van der Waals surface area contributed by atoms with Crippen LogP contribution in [0.4, 0.5) is 0 Å². The van der Waals surface area contributed by atoms with Crippen LogP contribution in [0.1, 0.15) is 88.4 Å². The van der Waals surface area contributed by atoms with Crippen LogP contribution < -0.4 is 4.74 Å². The zero-order valence-corrected chi connectivity index (χ0v) is 22.4. The molecule has 0 radical (unpaired) electrons. The first-order chi connectivity index (χ1) is 18.1. The lowest BCUT2D eigenvalue weighted by Crippen LogP contribution is -2.26. The molecule has 0 N–H and O–H groups in total. The average molecular weight is 511 g/mol. The second-order valence-electron chi connectivity index (χ2n) is 9.74. The normalized spacial score (nSPS) is 15.1. The van der Waals surface area contributed by atoms with Crippen LogP contribution in [0.15, 0.2) is 48.5 Å². The summed E-state index contributed by atoms with van der Waals surface area (Å²) in [4.78, 5) is 24.3. The Hall–Kier alpha value is -2.86. The van der Waals surface area contributed by atoms with Gasteiger partial charge < -0.3 is 18.9 Å². The highest BCUT2D eigenvalue weighted by Gasteiger charge is 2.21. The predicted molar refractivity (Wildman–Crippen MR) is 145 cm³/mol. The Morgan fingerprint density at radius 3 is 2.05 bits per heavy atom. The lowest BCUT2D eigenvalue weighted by molar-refractivity contribution is -0.153. The Morgan fingerprint density at radius 2 is 1.43 bits per heavy atom. The van der Waals surface area contributed by atoms with Gasteiger partial charge in [0.05, 0.1) is 31.5 Å². The summed E-state index contributed by atoms with van der Waals surface area (Å²) in [5.41, 5.74) is 2.41. The lowest BCUT2D eigenvalue weighted by atomic mass is 10.0. The standard InChI is InChI=1S/C31H42O6/c1-3-4-21-35-30(32)24(2)37-31(33)27-15-13-25(14-16-27)26-17-19-28(20-18-26)34-22-11-9-7-5-6-8-10-12-29-23-36-29/h13-20,24,29H,3-12,21-23H2,1-2H3. The van der Waals surface area contributed by atoms with Crippen molar-refractivity contribution in [3.63, 3.8) is 0 Å². The summed E-state index contributed by atoms with van der Waals surface area (Å²) in [5, 5.41) is 0. The third-order valence-corrected chi connectivity index (χ3v) is 6.51. The van der Waals surface area contributed by atoms with E-state index in [1.165, 1.54) is 51.9 Å². The first kappa shape index (κ1) is 28.7. The van der Waals surface area contributed by atoms with E-state index in [0.717, 1.165) is 49.4 Å². The topological polar surface area (TPSA) is 74.4 Å². The fourth-order valence-electron chi connectivity index (χ4n) is 4.04. The third-order valence-electron chi connectivity index (χ3n) is 6.51. The van der Waals surface area contributed by atoms with Gasteiger partial charge >= 0.3 is 11.9 Å². The number of benzene rings is 2. The Morgan fingerprint density at radius 1 is 0.838 bits per heavy atom. The number of unbranched alkanes of at least 4 members (excludes halogenated alkanes) is 7. The number of carbonyl (C=O) groups excluding carboxylic acids is 2. The molecule has 0 saturated carbocycles. The highest BCUT2D eigenvalue weighted by atomic mass is 16.6. The van der Waals surface area contributed by atoms with E-state index in [0.29, 0.717) is 18.3 Å². The summed E-state index contributed by atoms with van der Waals surface area (Å²) in [7, 11) is 0. The first-order valence-corrected chi connectivity index (χ1v) is 13.9. The minimum absolute atomic E-state index is 0.340. The van der Waals surface area contributed by atoms with Crippen molar-refractivity contribution in [1.29, 1.82) is 0 Å². The predicted octanol–water partition coefficient (Wildman–Crippen LogP) is 7.14. The number of rotatable bonds is 18. The third kappa shape index (κ3) is 11.0. The van der Waals surface area contributed by atoms with E-state index in [1.54, 1.807) is 12.1 Å². The van der Waals surface area contributed by atoms with Gasteiger partial charge in [-0.25, -0.2) is 9.59 Å². The number of esters is 2. The van der Waals surface area contributed by atoms with E-state index in [1.807, 2.05) is 43.3 Å². The second-order valence-corrected chi connectivity index (χ2v) is 9.74. The van der Waals surface area contributed by atoms with Gasteiger partial charge in [-0.15, -0.1) is 0 Å². The van der Waals surface area contributed by atoms with Crippen LogP contribution in [0.3, 0.4) is 0 Å². The number of epoxide rings is 1. The molecule has 1 saturated heterocycles. The highest BCUT2D eigenvalue weighted by molar-refractivity contribution is 5.92. The van der Waals surface area contributed by atoms with Crippen LogP contribution in [0.25, 0.3) is 11.1 Å². The molecule has 1 heterocycles. The minimum atomic E-state index is -0.936. The van der Waals surface area contributed by atoms with Gasteiger partial charge in [0.15, 0.2) is 6.10 Å². The van der Waals surface area contributed by atoms with Gasteiger partial charge in [0.25, 0.3) is 0 Å². The summed E-state index contributed by atoms with van der Waals surface area (Å²) in [6.07, 6.45) is 11.4. The smallest absolute Gasteiger partial charge is 0.347 e. The van der Waals surface area contributed by atoms with E-state index in [-0.39, 0.29) is 0 Å². The van der Waals surface area contributed by atoms with Crippen molar-refractivity contribution in [2.24, 2.45) is 0 Å². The molecular weight excluding hydrogens is 468 g/mol. The van der Waals surface area contributed by atoms with Gasteiger partial charge in [0.2, 0.25) is 0 Å². The van der Waals surface area contributed by atoms with Crippen LogP contribution in [-0.2, 0) is 19.0 Å². The van der Waals surface area contributed by atoms with E-state index in [9.17, 15) is 9.59 Å². The van der Waals surface area contributed by atoms with Gasteiger partial charge in [-0.3, -0.25) is 0 Å². The molecule has 3 rings (SSSR count). The van der Waals surface area contributed by atoms with Crippen molar-refractivity contribution < 1.29 is 28.5 Å². The summed E-state index contributed by atoms with van der Waals surface area (Å²) in [5.74, 6) is -0.198. The molecule has 1 aliphatic rings.